The molecule has 3 rings (SSSR count). The minimum Gasteiger partial charge on any atom is -0.495 e. The number of carbonyl (C=O) groups is 2. The van der Waals surface area contributed by atoms with Crippen molar-refractivity contribution >= 4 is 27.5 Å². The lowest BCUT2D eigenvalue weighted by Gasteiger charge is -2.33. The van der Waals surface area contributed by atoms with E-state index in [0.29, 0.717) is 12.1 Å². The van der Waals surface area contributed by atoms with Crippen LogP contribution >= 0.6 is 0 Å². The SMILES string of the molecule is CCNC(=O)C(Cc1ccccc1)N(Cc1ccc(F)cc1)C(=O)CN(c1cc(C)ccc1OC)S(C)(=O)=O. The number of hydrogen-bond donors (Lipinski definition) is 1. The number of rotatable bonds is 12. The Bertz CT molecular complexity index is 1380. The molecule has 0 saturated carbocycles. The second-order valence-corrected chi connectivity index (χ2v) is 11.1. The number of halogens is 1. The molecule has 1 N–H and O–H groups in total. The molecule has 0 aliphatic carbocycles. The number of anilines is 1. The molecule has 0 aliphatic rings. The van der Waals surface area contributed by atoms with Crippen LogP contribution in [0.4, 0.5) is 10.1 Å². The van der Waals surface area contributed by atoms with E-state index in [2.05, 4.69) is 5.32 Å². The van der Waals surface area contributed by atoms with Crippen LogP contribution in [0.5, 0.6) is 5.75 Å². The van der Waals surface area contributed by atoms with E-state index < -0.39 is 34.3 Å². The molecule has 0 bridgehead atoms. The van der Waals surface area contributed by atoms with Gasteiger partial charge in [-0.05, 0) is 54.8 Å². The number of nitrogens with one attached hydrogen (secondary N) is 1. The van der Waals surface area contributed by atoms with E-state index in [-0.39, 0.29) is 30.3 Å². The highest BCUT2D eigenvalue weighted by Crippen LogP contribution is 2.31. The van der Waals surface area contributed by atoms with Crippen LogP contribution in [0.2, 0.25) is 0 Å². The lowest BCUT2D eigenvalue weighted by atomic mass is 10.0. The Morgan fingerprint density at radius 1 is 1.00 bits per heavy atom. The predicted octanol–water partition coefficient (Wildman–Crippen LogP) is 3.68. The van der Waals surface area contributed by atoms with Gasteiger partial charge in [-0.3, -0.25) is 13.9 Å². The maximum atomic E-state index is 14.0. The molecule has 10 heteroatoms. The third kappa shape index (κ3) is 8.03. The van der Waals surface area contributed by atoms with E-state index >= 15 is 0 Å². The number of sulfonamides is 1. The zero-order valence-electron chi connectivity index (χ0n) is 22.6. The summed E-state index contributed by atoms with van der Waals surface area (Å²) >= 11 is 0. The fourth-order valence-electron chi connectivity index (χ4n) is 4.22. The van der Waals surface area contributed by atoms with E-state index in [9.17, 15) is 22.4 Å². The van der Waals surface area contributed by atoms with Crippen molar-refractivity contribution in [1.82, 2.24) is 10.2 Å². The van der Waals surface area contributed by atoms with Crippen LogP contribution < -0.4 is 14.4 Å². The van der Waals surface area contributed by atoms with Crippen molar-refractivity contribution in [2.45, 2.75) is 32.9 Å². The van der Waals surface area contributed by atoms with Crippen molar-refractivity contribution in [2.24, 2.45) is 0 Å². The Morgan fingerprint density at radius 3 is 2.26 bits per heavy atom. The molecule has 0 spiro atoms. The van der Waals surface area contributed by atoms with Crippen molar-refractivity contribution in [3.8, 4) is 5.75 Å². The molecule has 39 heavy (non-hydrogen) atoms. The number of aryl methyl sites for hydroxylation is 1. The molecule has 3 aromatic carbocycles. The Labute approximate surface area is 229 Å². The van der Waals surface area contributed by atoms with Crippen LogP contribution in [0, 0.1) is 12.7 Å². The predicted molar refractivity (Wildman–Crippen MR) is 149 cm³/mol. The summed E-state index contributed by atoms with van der Waals surface area (Å²) in [5.41, 5.74) is 2.41. The maximum Gasteiger partial charge on any atom is 0.244 e. The van der Waals surface area contributed by atoms with E-state index in [4.69, 9.17) is 4.74 Å². The molecule has 3 aromatic rings. The number of methoxy groups -OCH3 is 1. The Hall–Kier alpha value is -3.92. The summed E-state index contributed by atoms with van der Waals surface area (Å²) < 4.78 is 45.9. The number of amides is 2. The molecule has 8 nitrogen and oxygen atoms in total. The molecular weight excluding hydrogens is 521 g/mol. The molecule has 0 saturated heterocycles. The molecule has 208 valence electrons. The quantitative estimate of drug-likeness (QED) is 0.368. The first-order valence-corrected chi connectivity index (χ1v) is 14.4. The Balaban J connectivity index is 2.07. The zero-order chi connectivity index (χ0) is 28.6. The minimum atomic E-state index is -3.93. The molecule has 0 aromatic heterocycles. The van der Waals surface area contributed by atoms with Gasteiger partial charge < -0.3 is 15.0 Å². The van der Waals surface area contributed by atoms with E-state index in [1.54, 1.807) is 32.0 Å². The van der Waals surface area contributed by atoms with Gasteiger partial charge in [-0.15, -0.1) is 0 Å². The van der Waals surface area contributed by atoms with Crippen molar-refractivity contribution in [1.29, 1.82) is 0 Å². The van der Waals surface area contributed by atoms with Crippen LogP contribution in [0.3, 0.4) is 0 Å². The topological polar surface area (TPSA) is 96.0 Å². The highest BCUT2D eigenvalue weighted by atomic mass is 32.2. The first kappa shape index (κ1) is 29.6. The van der Waals surface area contributed by atoms with Gasteiger partial charge in [0.2, 0.25) is 21.8 Å². The van der Waals surface area contributed by atoms with Gasteiger partial charge in [0, 0.05) is 19.5 Å². The largest absolute Gasteiger partial charge is 0.495 e. The lowest BCUT2D eigenvalue weighted by molar-refractivity contribution is -0.140. The lowest BCUT2D eigenvalue weighted by Crippen LogP contribution is -2.53. The maximum absolute atomic E-state index is 14.0. The highest BCUT2D eigenvalue weighted by Gasteiger charge is 2.33. The second kappa shape index (κ2) is 13.2. The fraction of sp³-hybridized carbons (Fsp3) is 0.310. The Kier molecular flexibility index (Phi) is 10.1. The third-order valence-electron chi connectivity index (χ3n) is 6.17. The number of carbonyl (C=O) groups excluding carboxylic acids is 2. The molecule has 0 heterocycles. The summed E-state index contributed by atoms with van der Waals surface area (Å²) in [5, 5.41) is 2.79. The summed E-state index contributed by atoms with van der Waals surface area (Å²) in [6.07, 6.45) is 1.21. The van der Waals surface area contributed by atoms with Crippen molar-refractivity contribution < 1.29 is 27.1 Å². The molecular formula is C29H34FN3O5S. The summed E-state index contributed by atoms with van der Waals surface area (Å²) in [4.78, 5) is 28.7. The smallest absolute Gasteiger partial charge is 0.244 e. The number of hydrogen-bond acceptors (Lipinski definition) is 5. The molecule has 2 amide bonds. The first-order chi connectivity index (χ1) is 18.5. The average Bonchev–Trinajstić information content (AvgIpc) is 2.90. The Morgan fingerprint density at radius 2 is 1.67 bits per heavy atom. The van der Waals surface area contributed by atoms with Crippen molar-refractivity contribution in [2.75, 3.05) is 30.8 Å². The van der Waals surface area contributed by atoms with Gasteiger partial charge in [0.1, 0.15) is 24.2 Å². The van der Waals surface area contributed by atoms with Gasteiger partial charge in [-0.2, -0.15) is 0 Å². The van der Waals surface area contributed by atoms with Crippen molar-refractivity contribution in [3.63, 3.8) is 0 Å². The number of likely N-dealkylation sites (N-methyl/N-ethyl adjacent to an activating group) is 1. The van der Waals surface area contributed by atoms with E-state index in [0.717, 1.165) is 21.7 Å². The molecule has 0 aliphatic heterocycles. The molecule has 1 unspecified atom stereocenters. The summed E-state index contributed by atoms with van der Waals surface area (Å²) in [6.45, 7) is 3.33. The molecule has 0 radical (unpaired) electrons. The summed E-state index contributed by atoms with van der Waals surface area (Å²) in [7, 11) is -2.51. The van der Waals surface area contributed by atoms with Gasteiger partial charge >= 0.3 is 0 Å². The molecule has 1 atom stereocenters. The van der Waals surface area contributed by atoms with E-state index in [1.807, 2.05) is 30.3 Å². The van der Waals surface area contributed by atoms with Gasteiger partial charge in [-0.1, -0.05) is 48.5 Å². The second-order valence-electron chi connectivity index (χ2n) is 9.19. The van der Waals surface area contributed by atoms with Gasteiger partial charge in [0.05, 0.1) is 19.1 Å². The fourth-order valence-corrected chi connectivity index (χ4v) is 5.07. The van der Waals surface area contributed by atoms with Crippen LogP contribution in [0.25, 0.3) is 0 Å². The average molecular weight is 556 g/mol. The van der Waals surface area contributed by atoms with Gasteiger partial charge in [0.25, 0.3) is 0 Å². The number of ether oxygens (including phenoxy) is 1. The van der Waals surface area contributed by atoms with Crippen LogP contribution in [-0.4, -0.2) is 57.6 Å². The summed E-state index contributed by atoms with van der Waals surface area (Å²) in [5.74, 6) is -1.12. The van der Waals surface area contributed by atoms with Gasteiger partial charge in [0.15, 0.2) is 0 Å². The third-order valence-corrected chi connectivity index (χ3v) is 7.30. The minimum absolute atomic E-state index is 0.0314. The number of nitrogens with zero attached hydrogens (tertiary/aromatic N) is 2. The van der Waals surface area contributed by atoms with Crippen molar-refractivity contribution in [3.05, 3.63) is 95.3 Å². The standard InChI is InChI=1S/C29H34FN3O5S/c1-5-31-29(35)26(18-22-9-7-6-8-10-22)32(19-23-12-14-24(30)15-13-23)28(34)20-33(39(4,36)37)25-17-21(2)11-16-27(25)38-3/h6-17,26H,5,18-20H2,1-4H3,(H,31,35). The normalized spacial score (nSPS) is 11.9. The highest BCUT2D eigenvalue weighted by molar-refractivity contribution is 7.92. The van der Waals surface area contributed by atoms with Crippen LogP contribution in [0.15, 0.2) is 72.8 Å². The van der Waals surface area contributed by atoms with E-state index in [1.165, 1.54) is 36.3 Å². The zero-order valence-corrected chi connectivity index (χ0v) is 23.4. The van der Waals surface area contributed by atoms with Crippen LogP contribution in [-0.2, 0) is 32.6 Å². The van der Waals surface area contributed by atoms with Gasteiger partial charge in [-0.25, -0.2) is 12.8 Å². The van der Waals surface area contributed by atoms with Crippen LogP contribution in [0.1, 0.15) is 23.6 Å². The monoisotopic (exact) mass is 555 g/mol. The molecule has 0 fully saturated rings. The number of benzene rings is 3. The first-order valence-electron chi connectivity index (χ1n) is 12.5. The summed E-state index contributed by atoms with van der Waals surface area (Å²) in [6, 6.07) is 18.9.